The molecule has 1 fully saturated rings. The SMILES string of the molecule is CC1CN(Cc2ccccc2)CCN1C(=O)Cc1ccc(N)cc1.Cl.Cl. The standard InChI is InChI=1S/C20H25N3O.2ClH/c1-16-14-22(15-18-5-3-2-4-6-18)11-12-23(16)20(24)13-17-7-9-19(21)10-8-17;;/h2-10,16H,11-15,21H2,1H3;2*1H. The fraction of sp³-hybridized carbons (Fsp3) is 0.350. The zero-order valence-electron chi connectivity index (χ0n) is 15.0. The Morgan fingerprint density at radius 2 is 1.65 bits per heavy atom. The van der Waals surface area contributed by atoms with Crippen LogP contribution in [-0.2, 0) is 17.8 Å². The van der Waals surface area contributed by atoms with Crippen molar-refractivity contribution in [2.45, 2.75) is 25.9 Å². The van der Waals surface area contributed by atoms with E-state index in [1.807, 2.05) is 35.2 Å². The van der Waals surface area contributed by atoms with Crippen molar-refractivity contribution in [1.29, 1.82) is 0 Å². The van der Waals surface area contributed by atoms with E-state index >= 15 is 0 Å². The molecule has 3 rings (SSSR count). The van der Waals surface area contributed by atoms with Crippen molar-refractivity contribution in [2.75, 3.05) is 25.4 Å². The lowest BCUT2D eigenvalue weighted by Crippen LogP contribution is -2.54. The fourth-order valence-electron chi connectivity index (χ4n) is 3.30. The molecule has 0 radical (unpaired) electrons. The minimum atomic E-state index is 0. The van der Waals surface area contributed by atoms with E-state index in [1.54, 1.807) is 0 Å². The van der Waals surface area contributed by atoms with Crippen LogP contribution >= 0.6 is 24.8 Å². The van der Waals surface area contributed by atoms with Gasteiger partial charge in [-0.15, -0.1) is 24.8 Å². The van der Waals surface area contributed by atoms with Crippen LogP contribution < -0.4 is 5.73 Å². The lowest BCUT2D eigenvalue weighted by atomic mass is 10.1. The van der Waals surface area contributed by atoms with Crippen LogP contribution in [0.5, 0.6) is 0 Å². The molecule has 1 heterocycles. The summed E-state index contributed by atoms with van der Waals surface area (Å²) in [5.41, 5.74) is 8.78. The Kier molecular flexibility index (Phi) is 8.93. The van der Waals surface area contributed by atoms with Crippen molar-refractivity contribution in [3.63, 3.8) is 0 Å². The van der Waals surface area contributed by atoms with Gasteiger partial charge >= 0.3 is 0 Å². The van der Waals surface area contributed by atoms with Crippen LogP contribution in [0.1, 0.15) is 18.1 Å². The number of benzene rings is 2. The number of piperazine rings is 1. The molecule has 142 valence electrons. The van der Waals surface area contributed by atoms with Crippen LogP contribution in [0.15, 0.2) is 54.6 Å². The molecule has 0 saturated carbocycles. The number of halogens is 2. The lowest BCUT2D eigenvalue weighted by molar-refractivity contribution is -0.135. The van der Waals surface area contributed by atoms with Gasteiger partial charge in [-0.2, -0.15) is 0 Å². The molecule has 2 aromatic rings. The van der Waals surface area contributed by atoms with Gasteiger partial charge in [-0.3, -0.25) is 9.69 Å². The molecule has 2 aromatic carbocycles. The predicted octanol–water partition coefficient (Wildman–Crippen LogP) is 3.39. The third-order valence-corrected chi connectivity index (χ3v) is 4.62. The summed E-state index contributed by atoms with van der Waals surface area (Å²) in [6.07, 6.45) is 0.448. The highest BCUT2D eigenvalue weighted by molar-refractivity contribution is 5.85. The van der Waals surface area contributed by atoms with Crippen molar-refractivity contribution in [1.82, 2.24) is 9.80 Å². The molecule has 2 N–H and O–H groups in total. The number of nitrogens with zero attached hydrogens (tertiary/aromatic N) is 2. The van der Waals surface area contributed by atoms with E-state index in [1.165, 1.54) is 5.56 Å². The van der Waals surface area contributed by atoms with Gasteiger partial charge in [-0.05, 0) is 30.2 Å². The van der Waals surface area contributed by atoms with Crippen LogP contribution in [0.4, 0.5) is 5.69 Å². The zero-order valence-corrected chi connectivity index (χ0v) is 16.6. The highest BCUT2D eigenvalue weighted by Gasteiger charge is 2.27. The second-order valence-electron chi connectivity index (χ2n) is 6.58. The minimum Gasteiger partial charge on any atom is -0.399 e. The van der Waals surface area contributed by atoms with Crippen LogP contribution in [0.25, 0.3) is 0 Å². The molecule has 26 heavy (non-hydrogen) atoms. The van der Waals surface area contributed by atoms with E-state index in [9.17, 15) is 4.79 Å². The van der Waals surface area contributed by atoms with Gasteiger partial charge < -0.3 is 10.6 Å². The molecule has 1 saturated heterocycles. The van der Waals surface area contributed by atoms with Crippen molar-refractivity contribution in [3.8, 4) is 0 Å². The summed E-state index contributed by atoms with van der Waals surface area (Å²) in [5.74, 6) is 0.201. The number of nitrogens with two attached hydrogens (primary N) is 1. The van der Waals surface area contributed by atoms with Crippen LogP contribution in [-0.4, -0.2) is 41.4 Å². The van der Waals surface area contributed by atoms with E-state index in [-0.39, 0.29) is 36.8 Å². The van der Waals surface area contributed by atoms with Gasteiger partial charge in [-0.25, -0.2) is 0 Å². The fourth-order valence-corrected chi connectivity index (χ4v) is 3.30. The van der Waals surface area contributed by atoms with Gasteiger partial charge in [0, 0.05) is 37.9 Å². The summed E-state index contributed by atoms with van der Waals surface area (Å²) in [5, 5.41) is 0. The molecule has 1 aliphatic heterocycles. The van der Waals surface area contributed by atoms with Crippen LogP contribution in [0, 0.1) is 0 Å². The summed E-state index contributed by atoms with van der Waals surface area (Å²) >= 11 is 0. The minimum absolute atomic E-state index is 0. The van der Waals surface area contributed by atoms with Crippen LogP contribution in [0.2, 0.25) is 0 Å². The van der Waals surface area contributed by atoms with Gasteiger partial charge in [0.25, 0.3) is 0 Å². The van der Waals surface area contributed by atoms with Gasteiger partial charge in [0.15, 0.2) is 0 Å². The first-order chi connectivity index (χ1) is 11.6. The average Bonchev–Trinajstić information content (AvgIpc) is 2.58. The smallest absolute Gasteiger partial charge is 0.227 e. The molecular weight excluding hydrogens is 369 g/mol. The maximum Gasteiger partial charge on any atom is 0.227 e. The van der Waals surface area contributed by atoms with E-state index in [4.69, 9.17) is 5.73 Å². The highest BCUT2D eigenvalue weighted by atomic mass is 35.5. The van der Waals surface area contributed by atoms with Crippen LogP contribution in [0.3, 0.4) is 0 Å². The summed E-state index contributed by atoms with van der Waals surface area (Å²) in [6.45, 7) is 5.72. The number of hydrogen-bond donors (Lipinski definition) is 1. The van der Waals surface area contributed by atoms with Crippen molar-refractivity contribution >= 4 is 36.4 Å². The maximum atomic E-state index is 12.6. The Morgan fingerprint density at radius 1 is 1.00 bits per heavy atom. The van der Waals surface area contributed by atoms with E-state index in [0.29, 0.717) is 6.42 Å². The molecule has 4 nitrogen and oxygen atoms in total. The summed E-state index contributed by atoms with van der Waals surface area (Å²) in [6, 6.07) is 18.3. The quantitative estimate of drug-likeness (QED) is 0.807. The van der Waals surface area contributed by atoms with E-state index in [2.05, 4.69) is 36.1 Å². The normalized spacial score (nSPS) is 17.1. The van der Waals surface area contributed by atoms with Crippen molar-refractivity contribution in [3.05, 3.63) is 65.7 Å². The van der Waals surface area contributed by atoms with Crippen molar-refractivity contribution in [2.24, 2.45) is 0 Å². The van der Waals surface area contributed by atoms with E-state index in [0.717, 1.165) is 37.4 Å². The van der Waals surface area contributed by atoms with E-state index < -0.39 is 0 Å². The monoisotopic (exact) mass is 395 g/mol. The average molecular weight is 396 g/mol. The Labute approximate surface area is 168 Å². The lowest BCUT2D eigenvalue weighted by Gasteiger charge is -2.40. The predicted molar refractivity (Wildman–Crippen MR) is 112 cm³/mol. The largest absolute Gasteiger partial charge is 0.399 e. The Bertz CT molecular complexity index is 679. The number of hydrogen-bond acceptors (Lipinski definition) is 3. The Morgan fingerprint density at radius 3 is 2.27 bits per heavy atom. The molecule has 1 atom stereocenters. The third-order valence-electron chi connectivity index (χ3n) is 4.62. The number of rotatable bonds is 4. The van der Waals surface area contributed by atoms with Gasteiger partial charge in [0.2, 0.25) is 5.91 Å². The summed E-state index contributed by atoms with van der Waals surface area (Å²) in [4.78, 5) is 17.0. The zero-order chi connectivity index (χ0) is 16.9. The molecule has 1 amide bonds. The number of amides is 1. The summed E-state index contributed by atoms with van der Waals surface area (Å²) in [7, 11) is 0. The first-order valence-corrected chi connectivity index (χ1v) is 8.52. The second-order valence-corrected chi connectivity index (χ2v) is 6.58. The number of carbonyl (C=O) groups is 1. The highest BCUT2D eigenvalue weighted by Crippen LogP contribution is 2.15. The third kappa shape index (κ3) is 5.90. The number of nitrogen functional groups attached to an aromatic ring is 1. The first-order valence-electron chi connectivity index (χ1n) is 8.52. The molecule has 0 spiro atoms. The molecular formula is C20H27Cl2N3O. The maximum absolute atomic E-state index is 12.6. The van der Waals surface area contributed by atoms with Gasteiger partial charge in [-0.1, -0.05) is 42.5 Å². The number of carbonyl (C=O) groups excluding carboxylic acids is 1. The topological polar surface area (TPSA) is 49.6 Å². The van der Waals surface area contributed by atoms with Gasteiger partial charge in [0.1, 0.15) is 0 Å². The summed E-state index contributed by atoms with van der Waals surface area (Å²) < 4.78 is 0. The van der Waals surface area contributed by atoms with Gasteiger partial charge in [0.05, 0.1) is 6.42 Å². The molecule has 6 heteroatoms. The molecule has 1 aliphatic rings. The van der Waals surface area contributed by atoms with Crippen molar-refractivity contribution < 1.29 is 4.79 Å². The Hall–Kier alpha value is -1.75. The molecule has 1 unspecified atom stereocenters. The number of anilines is 1. The first kappa shape index (κ1) is 22.3. The molecule has 0 aromatic heterocycles. The second kappa shape index (κ2) is 10.4. The Balaban J connectivity index is 0.00000169. The molecule has 0 bridgehead atoms. The molecule has 0 aliphatic carbocycles.